The minimum absolute atomic E-state index is 0.000732. The Hall–Kier alpha value is -3.80. The largest absolute Gasteiger partial charge is 0.506 e. The molecule has 0 radical (unpaired) electrons. The zero-order valence-corrected chi connectivity index (χ0v) is 22.7. The Balaban J connectivity index is 1.51. The number of anilines is 2. The number of nitrogens with two attached hydrogens (primary N) is 1. The van der Waals surface area contributed by atoms with Crippen LogP contribution in [0.3, 0.4) is 0 Å². The van der Waals surface area contributed by atoms with Gasteiger partial charge in [-0.3, -0.25) is 9.59 Å². The molecule has 1 amide bonds. The van der Waals surface area contributed by atoms with Gasteiger partial charge in [-0.1, -0.05) is 23.2 Å². The van der Waals surface area contributed by atoms with Crippen molar-refractivity contribution >= 4 is 51.6 Å². The second-order valence-electron chi connectivity index (χ2n) is 9.64. The number of phenols is 1. The number of fused-ring (bicyclic) bond motifs is 1. The molecule has 39 heavy (non-hydrogen) atoms. The number of aromatic nitrogens is 4. The molecule has 2 atom stereocenters. The monoisotopic (exact) mass is 571 g/mol. The zero-order valence-electron chi connectivity index (χ0n) is 21.2. The first-order valence-electron chi connectivity index (χ1n) is 12.3. The standard InChI is InChI=1S/C26H27Cl2N7O4/c1-13-4-3-5-35(13)20-8-19(18(28)9-30-20)32-21(36)11-34-10-16(22-25(34)31-12-33(2)26(22)39)14-6-15(24(29)38)23(37)17(27)7-14/h6-10,12-13,21,36-37H,3-5,11H2,1-2H3,(H2,29,38)(H,30,32)/t13-,21?/m1/s1. The van der Waals surface area contributed by atoms with Gasteiger partial charge in [0.25, 0.3) is 11.5 Å². The molecule has 1 aromatic carbocycles. The number of aromatic hydroxyl groups is 1. The van der Waals surface area contributed by atoms with E-state index in [9.17, 15) is 19.8 Å². The van der Waals surface area contributed by atoms with E-state index in [1.807, 2.05) is 6.07 Å². The van der Waals surface area contributed by atoms with Crippen LogP contribution in [-0.4, -0.2) is 54.0 Å². The lowest BCUT2D eigenvalue weighted by atomic mass is 10.0. The van der Waals surface area contributed by atoms with Gasteiger partial charge in [-0.15, -0.1) is 0 Å². The Kier molecular flexibility index (Phi) is 7.15. The second kappa shape index (κ2) is 10.4. The van der Waals surface area contributed by atoms with Crippen LogP contribution in [0.25, 0.3) is 22.2 Å². The molecule has 0 bridgehead atoms. The van der Waals surface area contributed by atoms with Crippen LogP contribution in [0, 0.1) is 0 Å². The summed E-state index contributed by atoms with van der Waals surface area (Å²) in [6, 6.07) is 4.96. The molecule has 13 heteroatoms. The first-order valence-corrected chi connectivity index (χ1v) is 13.0. The normalized spacial score (nSPS) is 16.1. The Labute approximate surface area is 233 Å². The minimum Gasteiger partial charge on any atom is -0.506 e. The summed E-state index contributed by atoms with van der Waals surface area (Å²) >= 11 is 12.5. The molecule has 1 aliphatic heterocycles. The highest BCUT2D eigenvalue weighted by atomic mass is 35.5. The Bertz CT molecular complexity index is 1650. The number of carbonyl (C=O) groups excluding carboxylic acids is 1. The average molecular weight is 572 g/mol. The molecule has 204 valence electrons. The fraction of sp³-hybridized carbons (Fsp3) is 0.308. The lowest BCUT2D eigenvalue weighted by molar-refractivity contribution is 0.0997. The van der Waals surface area contributed by atoms with Crippen LogP contribution < -0.4 is 21.5 Å². The Morgan fingerprint density at radius 2 is 2.03 bits per heavy atom. The third-order valence-corrected chi connectivity index (χ3v) is 7.55. The van der Waals surface area contributed by atoms with Gasteiger partial charge in [-0.05, 0) is 37.5 Å². The molecule has 5 rings (SSSR count). The van der Waals surface area contributed by atoms with Gasteiger partial charge in [0, 0.05) is 43.7 Å². The summed E-state index contributed by atoms with van der Waals surface area (Å²) in [6.07, 6.45) is 5.61. The van der Waals surface area contributed by atoms with Gasteiger partial charge >= 0.3 is 0 Å². The lowest BCUT2D eigenvalue weighted by Crippen LogP contribution is -2.28. The molecule has 5 N–H and O–H groups in total. The molecule has 1 aliphatic rings. The van der Waals surface area contributed by atoms with Gasteiger partial charge in [0.15, 0.2) is 0 Å². The van der Waals surface area contributed by atoms with E-state index in [4.69, 9.17) is 28.9 Å². The number of aliphatic hydroxyl groups is 1. The number of hydrogen-bond donors (Lipinski definition) is 4. The van der Waals surface area contributed by atoms with Crippen molar-refractivity contribution in [1.82, 2.24) is 19.1 Å². The predicted octanol–water partition coefficient (Wildman–Crippen LogP) is 3.33. The molecule has 3 aromatic heterocycles. The van der Waals surface area contributed by atoms with Crippen LogP contribution in [0.5, 0.6) is 5.75 Å². The number of halogens is 2. The van der Waals surface area contributed by atoms with Crippen LogP contribution in [0.1, 0.15) is 30.1 Å². The smallest absolute Gasteiger partial charge is 0.263 e. The van der Waals surface area contributed by atoms with Crippen molar-refractivity contribution in [2.75, 3.05) is 16.8 Å². The summed E-state index contributed by atoms with van der Waals surface area (Å²) in [7, 11) is 1.56. The summed E-state index contributed by atoms with van der Waals surface area (Å²) in [5.74, 6) is -0.547. The first kappa shape index (κ1) is 26.8. The Morgan fingerprint density at radius 3 is 2.72 bits per heavy atom. The van der Waals surface area contributed by atoms with Crippen molar-refractivity contribution in [2.45, 2.75) is 38.6 Å². The number of benzene rings is 1. The fourth-order valence-corrected chi connectivity index (χ4v) is 5.32. The van der Waals surface area contributed by atoms with Gasteiger partial charge in [0.05, 0.1) is 39.6 Å². The van der Waals surface area contributed by atoms with Crippen molar-refractivity contribution in [1.29, 1.82) is 0 Å². The SMILES string of the molecule is C[C@@H]1CCCN1c1cc(NC(O)Cn2cc(-c3cc(Cl)c(O)c(C(N)=O)c3)c3c(=O)n(C)cnc32)c(Cl)cn1. The maximum absolute atomic E-state index is 13.1. The maximum Gasteiger partial charge on any atom is 0.263 e. The Morgan fingerprint density at radius 1 is 1.26 bits per heavy atom. The number of nitrogens with one attached hydrogen (secondary N) is 1. The van der Waals surface area contributed by atoms with Crippen molar-refractivity contribution in [2.24, 2.45) is 12.8 Å². The predicted molar refractivity (Wildman–Crippen MR) is 151 cm³/mol. The number of primary amides is 1. The molecular formula is C26H27Cl2N7O4. The molecular weight excluding hydrogens is 545 g/mol. The van der Waals surface area contributed by atoms with E-state index in [2.05, 4.69) is 27.1 Å². The van der Waals surface area contributed by atoms with Crippen LogP contribution in [0.4, 0.5) is 11.5 Å². The molecule has 11 nitrogen and oxygen atoms in total. The van der Waals surface area contributed by atoms with E-state index < -0.39 is 17.9 Å². The summed E-state index contributed by atoms with van der Waals surface area (Å²) in [6.45, 7) is 3.04. The number of carbonyl (C=O) groups is 1. The van der Waals surface area contributed by atoms with Crippen molar-refractivity contribution in [3.63, 3.8) is 0 Å². The van der Waals surface area contributed by atoms with E-state index in [1.54, 1.807) is 24.0 Å². The van der Waals surface area contributed by atoms with Crippen molar-refractivity contribution in [3.05, 3.63) is 62.9 Å². The first-order chi connectivity index (χ1) is 18.5. The average Bonchev–Trinajstić information content (AvgIpc) is 3.48. The second-order valence-corrected chi connectivity index (χ2v) is 10.5. The van der Waals surface area contributed by atoms with Crippen LogP contribution in [0.15, 0.2) is 41.7 Å². The molecule has 1 unspecified atom stereocenters. The minimum atomic E-state index is -1.12. The molecule has 1 fully saturated rings. The molecule has 0 saturated carbocycles. The summed E-state index contributed by atoms with van der Waals surface area (Å²) in [5, 5.41) is 24.7. The molecule has 1 saturated heterocycles. The highest BCUT2D eigenvalue weighted by Crippen LogP contribution is 2.36. The number of rotatable bonds is 7. The van der Waals surface area contributed by atoms with Crippen LogP contribution in [-0.2, 0) is 13.6 Å². The number of hydrogen-bond acceptors (Lipinski definition) is 8. The van der Waals surface area contributed by atoms with E-state index in [-0.39, 0.29) is 28.1 Å². The van der Waals surface area contributed by atoms with E-state index in [0.29, 0.717) is 33.5 Å². The number of aryl methyl sites for hydroxylation is 1. The number of pyridine rings is 1. The van der Waals surface area contributed by atoms with E-state index in [0.717, 1.165) is 25.2 Å². The lowest BCUT2D eigenvalue weighted by Gasteiger charge is -2.24. The van der Waals surface area contributed by atoms with Gasteiger partial charge in [0.2, 0.25) is 0 Å². The number of amides is 1. The zero-order chi connectivity index (χ0) is 28.0. The molecule has 0 aliphatic carbocycles. The number of aliphatic hydroxyl groups excluding tert-OH is 1. The molecule has 4 heterocycles. The third kappa shape index (κ3) is 5.00. The third-order valence-electron chi connectivity index (χ3n) is 6.96. The van der Waals surface area contributed by atoms with Gasteiger partial charge in [-0.2, -0.15) is 0 Å². The molecule has 0 spiro atoms. The van der Waals surface area contributed by atoms with Gasteiger partial charge < -0.3 is 35.3 Å². The quantitative estimate of drug-likeness (QED) is 0.246. The summed E-state index contributed by atoms with van der Waals surface area (Å²) < 4.78 is 2.94. The fourth-order valence-electron chi connectivity index (χ4n) is 4.95. The number of nitrogens with zero attached hydrogens (tertiary/aromatic N) is 5. The van der Waals surface area contributed by atoms with Gasteiger partial charge in [-0.25, -0.2) is 9.97 Å². The van der Waals surface area contributed by atoms with Crippen LogP contribution in [0.2, 0.25) is 10.0 Å². The summed E-state index contributed by atoms with van der Waals surface area (Å²) in [4.78, 5) is 36.1. The summed E-state index contributed by atoms with van der Waals surface area (Å²) in [5.41, 5.74) is 6.50. The van der Waals surface area contributed by atoms with Crippen molar-refractivity contribution in [3.8, 4) is 16.9 Å². The van der Waals surface area contributed by atoms with E-state index >= 15 is 0 Å². The highest BCUT2D eigenvalue weighted by molar-refractivity contribution is 6.33. The topological polar surface area (TPSA) is 152 Å². The maximum atomic E-state index is 13.1. The van der Waals surface area contributed by atoms with E-state index in [1.165, 1.54) is 23.0 Å². The van der Waals surface area contributed by atoms with Crippen molar-refractivity contribution < 1.29 is 15.0 Å². The van der Waals surface area contributed by atoms with Gasteiger partial charge in [0.1, 0.15) is 23.4 Å². The van der Waals surface area contributed by atoms with Crippen LogP contribution >= 0.6 is 23.2 Å². The highest BCUT2D eigenvalue weighted by Gasteiger charge is 2.24. The molecule has 4 aromatic rings.